The number of amides is 1. The summed E-state index contributed by atoms with van der Waals surface area (Å²) in [5.41, 5.74) is 0.631. The van der Waals surface area contributed by atoms with Gasteiger partial charge in [-0.1, -0.05) is 26.0 Å². The van der Waals surface area contributed by atoms with E-state index in [1.54, 1.807) is 12.1 Å². The molecular formula is C18H19FN2O4. The highest BCUT2D eigenvalue weighted by Crippen LogP contribution is 2.28. The smallest absolute Gasteiger partial charge is 0.311 e. The molecule has 0 spiro atoms. The zero-order chi connectivity index (χ0) is 18.6. The molecule has 0 aliphatic rings. The van der Waals surface area contributed by atoms with Crippen LogP contribution in [0.1, 0.15) is 35.8 Å². The fourth-order valence-corrected chi connectivity index (χ4v) is 2.50. The molecule has 0 aliphatic carbocycles. The van der Waals surface area contributed by atoms with Crippen LogP contribution in [0.25, 0.3) is 0 Å². The van der Waals surface area contributed by atoms with E-state index in [1.165, 1.54) is 37.4 Å². The summed E-state index contributed by atoms with van der Waals surface area (Å²) < 4.78 is 18.0. The Kier molecular flexibility index (Phi) is 5.69. The number of nitro benzene ring substituents is 1. The number of methoxy groups -OCH3 is 1. The summed E-state index contributed by atoms with van der Waals surface area (Å²) in [5.74, 6) is -0.680. The predicted octanol–water partition coefficient (Wildman–Crippen LogP) is 3.87. The summed E-state index contributed by atoms with van der Waals surface area (Å²) in [6, 6.07) is 9.54. The van der Waals surface area contributed by atoms with Crippen molar-refractivity contribution in [2.24, 2.45) is 5.92 Å². The molecule has 1 amide bonds. The molecule has 0 heterocycles. The third kappa shape index (κ3) is 4.32. The second kappa shape index (κ2) is 7.74. The first-order chi connectivity index (χ1) is 11.8. The van der Waals surface area contributed by atoms with E-state index in [9.17, 15) is 19.3 Å². The fourth-order valence-electron chi connectivity index (χ4n) is 2.50. The average molecular weight is 346 g/mol. The van der Waals surface area contributed by atoms with Crippen molar-refractivity contribution in [2.45, 2.75) is 19.9 Å². The SMILES string of the molecule is COc1ccc(C(=O)N[C@@H](c2ccc(F)cc2)C(C)C)cc1[N+](=O)[O-]. The van der Waals surface area contributed by atoms with Gasteiger partial charge in [0.2, 0.25) is 0 Å². The van der Waals surface area contributed by atoms with Gasteiger partial charge in [-0.15, -0.1) is 0 Å². The van der Waals surface area contributed by atoms with Gasteiger partial charge >= 0.3 is 5.69 Å². The molecular weight excluding hydrogens is 327 g/mol. The molecule has 0 unspecified atom stereocenters. The minimum absolute atomic E-state index is 0.0441. The van der Waals surface area contributed by atoms with Crippen LogP contribution in [0.2, 0.25) is 0 Å². The third-order valence-corrected chi connectivity index (χ3v) is 3.82. The van der Waals surface area contributed by atoms with Crippen LogP contribution in [-0.4, -0.2) is 17.9 Å². The summed E-state index contributed by atoms with van der Waals surface area (Å²) in [6.07, 6.45) is 0. The molecule has 2 rings (SSSR count). The molecule has 1 N–H and O–H groups in total. The third-order valence-electron chi connectivity index (χ3n) is 3.82. The maximum Gasteiger partial charge on any atom is 0.311 e. The Balaban J connectivity index is 2.28. The van der Waals surface area contributed by atoms with E-state index < -0.39 is 10.8 Å². The van der Waals surface area contributed by atoms with Crippen molar-refractivity contribution in [3.05, 3.63) is 69.5 Å². The van der Waals surface area contributed by atoms with E-state index in [0.717, 1.165) is 5.56 Å². The van der Waals surface area contributed by atoms with Gasteiger partial charge in [-0.3, -0.25) is 14.9 Å². The standard InChI is InChI=1S/C18H19FN2O4/c1-11(2)17(12-4-7-14(19)8-5-12)20-18(22)13-6-9-16(25-3)15(10-13)21(23)24/h4-11,17H,1-3H3,(H,20,22)/t17-/m1/s1. The van der Waals surface area contributed by atoms with Crippen molar-refractivity contribution in [3.8, 4) is 5.75 Å². The van der Waals surface area contributed by atoms with Crippen molar-refractivity contribution in [3.63, 3.8) is 0 Å². The van der Waals surface area contributed by atoms with Crippen LogP contribution >= 0.6 is 0 Å². The monoisotopic (exact) mass is 346 g/mol. The lowest BCUT2D eigenvalue weighted by atomic mass is 9.95. The van der Waals surface area contributed by atoms with Gasteiger partial charge < -0.3 is 10.1 Å². The molecule has 0 saturated heterocycles. The molecule has 25 heavy (non-hydrogen) atoms. The number of hydrogen-bond donors (Lipinski definition) is 1. The van der Waals surface area contributed by atoms with Crippen molar-refractivity contribution in [1.82, 2.24) is 5.32 Å². The molecule has 132 valence electrons. The maximum atomic E-state index is 13.1. The quantitative estimate of drug-likeness (QED) is 0.636. The normalized spacial score (nSPS) is 11.9. The Bertz CT molecular complexity index is 775. The zero-order valence-electron chi connectivity index (χ0n) is 14.2. The van der Waals surface area contributed by atoms with Gasteiger partial charge in [0.05, 0.1) is 18.1 Å². The summed E-state index contributed by atoms with van der Waals surface area (Å²) in [6.45, 7) is 3.84. The number of carbonyl (C=O) groups is 1. The number of nitro groups is 1. The van der Waals surface area contributed by atoms with Gasteiger partial charge in [0.25, 0.3) is 5.91 Å². The summed E-state index contributed by atoms with van der Waals surface area (Å²) >= 11 is 0. The van der Waals surface area contributed by atoms with Crippen molar-refractivity contribution < 1.29 is 18.8 Å². The Morgan fingerprint density at radius 1 is 1.20 bits per heavy atom. The number of nitrogens with one attached hydrogen (secondary N) is 1. The molecule has 2 aromatic rings. The maximum absolute atomic E-state index is 13.1. The van der Waals surface area contributed by atoms with Crippen LogP contribution in [0.5, 0.6) is 5.75 Å². The van der Waals surface area contributed by atoms with Crippen LogP contribution in [0, 0.1) is 21.8 Å². The largest absolute Gasteiger partial charge is 0.490 e. The first-order valence-corrected chi connectivity index (χ1v) is 7.72. The van der Waals surface area contributed by atoms with Gasteiger partial charge in [-0.2, -0.15) is 0 Å². The molecule has 0 radical (unpaired) electrons. The second-order valence-electron chi connectivity index (χ2n) is 5.89. The van der Waals surface area contributed by atoms with E-state index in [2.05, 4.69) is 5.32 Å². The molecule has 2 aromatic carbocycles. The lowest BCUT2D eigenvalue weighted by Gasteiger charge is -2.23. The number of rotatable bonds is 6. The van der Waals surface area contributed by atoms with Gasteiger partial charge in [-0.05, 0) is 35.7 Å². The Morgan fingerprint density at radius 2 is 1.84 bits per heavy atom. The van der Waals surface area contributed by atoms with Crippen LogP contribution in [0.4, 0.5) is 10.1 Å². The minimum atomic E-state index is -0.602. The summed E-state index contributed by atoms with van der Waals surface area (Å²) in [7, 11) is 1.32. The Morgan fingerprint density at radius 3 is 2.36 bits per heavy atom. The van der Waals surface area contributed by atoms with E-state index in [-0.39, 0.29) is 34.8 Å². The molecule has 6 nitrogen and oxygen atoms in total. The van der Waals surface area contributed by atoms with Gasteiger partial charge in [-0.25, -0.2) is 4.39 Å². The summed E-state index contributed by atoms with van der Waals surface area (Å²) in [5, 5.41) is 13.9. The second-order valence-corrected chi connectivity index (χ2v) is 5.89. The van der Waals surface area contributed by atoms with Gasteiger partial charge in [0.1, 0.15) is 5.82 Å². The van der Waals surface area contributed by atoms with E-state index >= 15 is 0 Å². The number of hydrogen-bond acceptors (Lipinski definition) is 4. The highest BCUT2D eigenvalue weighted by Gasteiger charge is 2.22. The highest BCUT2D eigenvalue weighted by molar-refractivity contribution is 5.95. The first kappa shape index (κ1) is 18.4. The zero-order valence-corrected chi connectivity index (χ0v) is 14.2. The van der Waals surface area contributed by atoms with E-state index in [1.807, 2.05) is 13.8 Å². The number of ether oxygens (including phenoxy) is 1. The molecule has 0 fully saturated rings. The van der Waals surface area contributed by atoms with Crippen molar-refractivity contribution in [1.29, 1.82) is 0 Å². The lowest BCUT2D eigenvalue weighted by molar-refractivity contribution is -0.385. The highest BCUT2D eigenvalue weighted by atomic mass is 19.1. The van der Waals surface area contributed by atoms with Crippen LogP contribution < -0.4 is 10.1 Å². The molecule has 0 aliphatic heterocycles. The molecule has 7 heteroatoms. The molecule has 1 atom stereocenters. The predicted molar refractivity (Wildman–Crippen MR) is 91.1 cm³/mol. The molecule has 0 saturated carbocycles. The topological polar surface area (TPSA) is 81.5 Å². The Hall–Kier alpha value is -2.96. The Labute approximate surface area is 144 Å². The number of carbonyl (C=O) groups excluding carboxylic acids is 1. The number of halogens is 1. The first-order valence-electron chi connectivity index (χ1n) is 7.72. The van der Waals surface area contributed by atoms with Crippen LogP contribution in [-0.2, 0) is 0 Å². The lowest BCUT2D eigenvalue weighted by Crippen LogP contribution is -2.31. The number of nitrogens with zero attached hydrogens (tertiary/aromatic N) is 1. The average Bonchev–Trinajstić information content (AvgIpc) is 2.59. The van der Waals surface area contributed by atoms with E-state index in [4.69, 9.17) is 4.74 Å². The minimum Gasteiger partial charge on any atom is -0.490 e. The van der Waals surface area contributed by atoms with Gasteiger partial charge in [0, 0.05) is 11.6 Å². The van der Waals surface area contributed by atoms with Crippen LogP contribution in [0.15, 0.2) is 42.5 Å². The van der Waals surface area contributed by atoms with Gasteiger partial charge in [0.15, 0.2) is 5.75 Å². The number of benzene rings is 2. The molecule has 0 bridgehead atoms. The van der Waals surface area contributed by atoms with Crippen molar-refractivity contribution >= 4 is 11.6 Å². The van der Waals surface area contributed by atoms with Crippen LogP contribution in [0.3, 0.4) is 0 Å². The summed E-state index contributed by atoms with van der Waals surface area (Å²) in [4.78, 5) is 23.0. The van der Waals surface area contributed by atoms with E-state index in [0.29, 0.717) is 0 Å². The molecule has 0 aromatic heterocycles. The fraction of sp³-hybridized carbons (Fsp3) is 0.278. The van der Waals surface area contributed by atoms with Crippen molar-refractivity contribution in [2.75, 3.05) is 7.11 Å².